The van der Waals surface area contributed by atoms with Crippen molar-refractivity contribution in [1.29, 1.82) is 0 Å². The summed E-state index contributed by atoms with van der Waals surface area (Å²) in [6.45, 7) is 9.65. The van der Waals surface area contributed by atoms with Crippen molar-refractivity contribution in [3.8, 4) is 22.7 Å². The van der Waals surface area contributed by atoms with Crippen LogP contribution >= 0.6 is 0 Å². The van der Waals surface area contributed by atoms with E-state index >= 15 is 0 Å². The quantitative estimate of drug-likeness (QED) is 0.300. The van der Waals surface area contributed by atoms with Gasteiger partial charge < -0.3 is 19.7 Å². The summed E-state index contributed by atoms with van der Waals surface area (Å²) in [5.41, 5.74) is 5.42. The molecule has 1 aliphatic carbocycles. The van der Waals surface area contributed by atoms with Gasteiger partial charge in [-0.25, -0.2) is 14.3 Å². The van der Waals surface area contributed by atoms with E-state index in [1.54, 1.807) is 17.9 Å². The van der Waals surface area contributed by atoms with Gasteiger partial charge in [0.15, 0.2) is 5.65 Å². The van der Waals surface area contributed by atoms with Crippen molar-refractivity contribution in [2.75, 3.05) is 38.3 Å². The van der Waals surface area contributed by atoms with Crippen molar-refractivity contribution < 1.29 is 14.3 Å². The molecule has 0 unspecified atom stereocenters. The molecular formula is C33H38N6O4. The number of hydrogen-bond donors (Lipinski definition) is 1. The average Bonchev–Trinajstić information content (AvgIpc) is 3.85. The van der Waals surface area contributed by atoms with Crippen LogP contribution in [0.2, 0.25) is 0 Å². The number of nitrogens with zero attached hydrogens (tertiary/aromatic N) is 5. The molecule has 2 aliphatic rings. The van der Waals surface area contributed by atoms with Crippen LogP contribution in [-0.2, 0) is 9.53 Å². The molecule has 10 heteroatoms. The van der Waals surface area contributed by atoms with Crippen molar-refractivity contribution in [3.63, 3.8) is 0 Å². The fourth-order valence-corrected chi connectivity index (χ4v) is 5.98. The van der Waals surface area contributed by atoms with Gasteiger partial charge in [-0.3, -0.25) is 9.78 Å². The molecule has 224 valence electrons. The number of hydrogen-bond acceptors (Lipinski definition) is 9. The molecule has 1 saturated carbocycles. The first-order valence-electron chi connectivity index (χ1n) is 15.0. The van der Waals surface area contributed by atoms with E-state index in [2.05, 4.69) is 35.1 Å². The maximum absolute atomic E-state index is 14.2. The summed E-state index contributed by atoms with van der Waals surface area (Å²) in [5, 5.41) is 4.23. The molecule has 1 aromatic carbocycles. The highest BCUT2D eigenvalue weighted by atomic mass is 16.5. The van der Waals surface area contributed by atoms with Crippen LogP contribution in [0.5, 0.6) is 5.75 Å². The van der Waals surface area contributed by atoms with E-state index in [-0.39, 0.29) is 24.5 Å². The molecule has 4 heterocycles. The number of carbonyl (C=O) groups is 1. The highest BCUT2D eigenvalue weighted by molar-refractivity contribution is 5.92. The number of para-hydroxylation sites is 1. The summed E-state index contributed by atoms with van der Waals surface area (Å²) in [4.78, 5) is 42.5. The number of fused-ring (bicyclic) bond motifs is 1. The number of carbonyl (C=O) groups excluding carboxylic acids is 1. The summed E-state index contributed by atoms with van der Waals surface area (Å²) >= 11 is 0. The number of nitrogens with one attached hydrogen (secondary N) is 1. The number of rotatable bonds is 8. The van der Waals surface area contributed by atoms with Gasteiger partial charge in [-0.15, -0.1) is 0 Å². The molecule has 2 fully saturated rings. The minimum atomic E-state index is -0.409. The summed E-state index contributed by atoms with van der Waals surface area (Å²) in [6, 6.07) is 11.9. The molecule has 10 nitrogen and oxygen atoms in total. The van der Waals surface area contributed by atoms with E-state index < -0.39 is 5.69 Å². The van der Waals surface area contributed by atoms with E-state index in [0.29, 0.717) is 37.0 Å². The van der Waals surface area contributed by atoms with E-state index in [9.17, 15) is 9.59 Å². The van der Waals surface area contributed by atoms with Gasteiger partial charge in [-0.2, -0.15) is 4.98 Å². The van der Waals surface area contributed by atoms with Crippen LogP contribution in [0.1, 0.15) is 62.3 Å². The first kappa shape index (κ1) is 28.8. The molecule has 0 bridgehead atoms. The monoisotopic (exact) mass is 582 g/mol. The van der Waals surface area contributed by atoms with Crippen LogP contribution in [0.25, 0.3) is 28.0 Å². The lowest BCUT2D eigenvalue weighted by atomic mass is 9.99. The number of methoxy groups -OCH3 is 1. The number of aryl methyl sites for hydroxylation is 1. The number of esters is 1. The molecule has 0 spiro atoms. The van der Waals surface area contributed by atoms with Crippen molar-refractivity contribution in [2.24, 2.45) is 0 Å². The summed E-state index contributed by atoms with van der Waals surface area (Å²) in [7, 11) is 1.67. The molecule has 3 aromatic heterocycles. The Bertz CT molecular complexity index is 1750. The minimum absolute atomic E-state index is 0.0751. The van der Waals surface area contributed by atoms with Gasteiger partial charge in [0, 0.05) is 38.3 Å². The Kier molecular flexibility index (Phi) is 7.87. The number of ether oxygens (including phenoxy) is 2. The lowest BCUT2D eigenvalue weighted by Crippen LogP contribution is -2.53. The fourth-order valence-electron chi connectivity index (χ4n) is 5.98. The number of anilines is 1. The largest absolute Gasteiger partial charge is 0.496 e. The van der Waals surface area contributed by atoms with Crippen molar-refractivity contribution >= 4 is 22.8 Å². The Hall–Kier alpha value is -4.31. The summed E-state index contributed by atoms with van der Waals surface area (Å²) in [5.74, 6) is 1.46. The second-order valence-electron chi connectivity index (χ2n) is 11.7. The van der Waals surface area contributed by atoms with E-state index in [1.165, 1.54) is 6.92 Å². The van der Waals surface area contributed by atoms with Crippen LogP contribution in [0.3, 0.4) is 0 Å². The Morgan fingerprint density at radius 3 is 2.67 bits per heavy atom. The SMILES string of the molecule is COc1ccccc1-c1nc2c(cc1C1CC1)c(N1CCN[C@@H](COC(C)=O)C1)nc(=O)n2-c1c(C)ccnc1C(C)C. The maximum Gasteiger partial charge on any atom is 0.355 e. The third-order valence-corrected chi connectivity index (χ3v) is 8.22. The number of aromatic nitrogens is 4. The topological polar surface area (TPSA) is 111 Å². The second-order valence-corrected chi connectivity index (χ2v) is 11.7. The Labute approximate surface area is 251 Å². The highest BCUT2D eigenvalue weighted by Gasteiger charge is 2.32. The molecule has 0 radical (unpaired) electrons. The van der Waals surface area contributed by atoms with E-state index in [0.717, 1.165) is 57.7 Å². The molecule has 0 amide bonds. The summed E-state index contributed by atoms with van der Waals surface area (Å²) < 4.78 is 12.7. The zero-order valence-corrected chi connectivity index (χ0v) is 25.4. The van der Waals surface area contributed by atoms with Crippen LogP contribution in [-0.4, -0.2) is 64.9 Å². The van der Waals surface area contributed by atoms with Gasteiger partial charge >= 0.3 is 11.7 Å². The van der Waals surface area contributed by atoms with Gasteiger partial charge in [0.05, 0.1) is 35.6 Å². The standard InChI is InChI=1S/C33H38N6O4/c1-19(2)28-30(20(3)12-13-35-28)39-32-26(31(37-33(39)41)38-15-14-34-23(17-38)18-43-21(4)40)16-25(22-10-11-22)29(36-32)24-8-6-7-9-27(24)42-5/h6-9,12-13,16,19,22-23,34H,10-11,14-15,17-18H2,1-5H3/t23-/m1/s1. The van der Waals surface area contributed by atoms with Crippen molar-refractivity contribution in [1.82, 2.24) is 24.8 Å². The van der Waals surface area contributed by atoms with Gasteiger partial charge in [-0.05, 0) is 67.0 Å². The van der Waals surface area contributed by atoms with Crippen LogP contribution in [0, 0.1) is 6.92 Å². The van der Waals surface area contributed by atoms with Crippen LogP contribution < -0.4 is 20.6 Å². The lowest BCUT2D eigenvalue weighted by Gasteiger charge is -2.35. The molecular weight excluding hydrogens is 544 g/mol. The van der Waals surface area contributed by atoms with Crippen molar-refractivity contribution in [3.05, 3.63) is 69.9 Å². The number of piperazine rings is 1. The molecule has 43 heavy (non-hydrogen) atoms. The first-order valence-corrected chi connectivity index (χ1v) is 15.0. The molecule has 1 atom stereocenters. The lowest BCUT2D eigenvalue weighted by molar-refractivity contribution is -0.141. The fraction of sp³-hybridized carbons (Fsp3) is 0.424. The number of pyridine rings is 2. The maximum atomic E-state index is 14.2. The van der Waals surface area contributed by atoms with Gasteiger partial charge in [0.1, 0.15) is 18.2 Å². The normalized spacial score (nSPS) is 17.0. The predicted octanol–water partition coefficient (Wildman–Crippen LogP) is 4.50. The average molecular weight is 583 g/mol. The Morgan fingerprint density at radius 2 is 1.95 bits per heavy atom. The van der Waals surface area contributed by atoms with Gasteiger partial charge in [0.2, 0.25) is 0 Å². The molecule has 1 N–H and O–H groups in total. The molecule has 6 rings (SSSR count). The van der Waals surface area contributed by atoms with E-state index in [4.69, 9.17) is 19.4 Å². The minimum Gasteiger partial charge on any atom is -0.496 e. The Morgan fingerprint density at radius 1 is 1.16 bits per heavy atom. The van der Waals surface area contributed by atoms with Crippen LogP contribution in [0.4, 0.5) is 5.82 Å². The van der Waals surface area contributed by atoms with Crippen molar-refractivity contribution in [2.45, 2.75) is 58.4 Å². The highest BCUT2D eigenvalue weighted by Crippen LogP contribution is 2.47. The zero-order valence-electron chi connectivity index (χ0n) is 25.4. The number of benzene rings is 1. The second kappa shape index (κ2) is 11.8. The van der Waals surface area contributed by atoms with Gasteiger partial charge in [0.25, 0.3) is 0 Å². The summed E-state index contributed by atoms with van der Waals surface area (Å²) in [6.07, 6.45) is 3.94. The Balaban J connectivity index is 1.64. The van der Waals surface area contributed by atoms with Crippen LogP contribution in [0.15, 0.2) is 47.4 Å². The predicted molar refractivity (Wildman–Crippen MR) is 166 cm³/mol. The third kappa shape index (κ3) is 5.59. The molecule has 1 aliphatic heterocycles. The molecule has 4 aromatic rings. The zero-order chi connectivity index (χ0) is 30.2. The molecule has 1 saturated heterocycles. The van der Waals surface area contributed by atoms with Gasteiger partial charge in [-0.1, -0.05) is 26.0 Å². The third-order valence-electron chi connectivity index (χ3n) is 8.22. The van der Waals surface area contributed by atoms with E-state index in [1.807, 2.05) is 37.3 Å². The smallest absolute Gasteiger partial charge is 0.355 e. The first-order chi connectivity index (χ1) is 20.8.